The Kier molecular flexibility index (Phi) is 4.50. The highest BCUT2D eigenvalue weighted by Crippen LogP contribution is 2.08. The summed E-state index contributed by atoms with van der Waals surface area (Å²) in [5, 5.41) is 19.5. The Morgan fingerprint density at radius 3 is 2.77 bits per heavy atom. The van der Waals surface area contributed by atoms with E-state index in [9.17, 15) is 9.90 Å². The van der Waals surface area contributed by atoms with Crippen molar-refractivity contribution in [3.63, 3.8) is 0 Å². The van der Waals surface area contributed by atoms with Gasteiger partial charge in [-0.05, 0) is 23.6 Å². The Balaban J connectivity index is 1.49. The van der Waals surface area contributed by atoms with E-state index in [-0.39, 0.29) is 11.9 Å². The lowest BCUT2D eigenvalue weighted by Gasteiger charge is -2.11. The van der Waals surface area contributed by atoms with Crippen LogP contribution in [0, 0.1) is 0 Å². The molecule has 6 nitrogen and oxygen atoms in total. The Bertz CT molecular complexity index is 610. The smallest absolute Gasteiger partial charge is 0.237 e. The van der Waals surface area contributed by atoms with Crippen LogP contribution >= 0.6 is 0 Å². The molecule has 3 rings (SSSR count). The van der Waals surface area contributed by atoms with Crippen LogP contribution in [0.2, 0.25) is 0 Å². The molecule has 0 bridgehead atoms. The number of β-amino-alcohol motifs (C(OH)–C–C–N with tert-alkyl or cyclic N) is 1. The second-order valence-electron chi connectivity index (χ2n) is 5.59. The molecule has 1 amide bonds. The number of aromatic nitrogens is 2. The fourth-order valence-corrected chi connectivity index (χ4v) is 2.57. The van der Waals surface area contributed by atoms with E-state index < -0.39 is 6.10 Å². The number of carbonyl (C=O) groups is 1. The lowest BCUT2D eigenvalue weighted by molar-refractivity contribution is -0.123. The van der Waals surface area contributed by atoms with Gasteiger partial charge in [0.2, 0.25) is 5.91 Å². The molecular formula is C16H20N4O2. The van der Waals surface area contributed by atoms with E-state index in [2.05, 4.69) is 15.7 Å². The van der Waals surface area contributed by atoms with Gasteiger partial charge in [0.1, 0.15) is 0 Å². The topological polar surface area (TPSA) is 79.2 Å². The molecule has 0 radical (unpaired) electrons. The Morgan fingerprint density at radius 1 is 1.36 bits per heavy atom. The summed E-state index contributed by atoms with van der Waals surface area (Å²) in [4.78, 5) is 11.9. The first kappa shape index (κ1) is 14.7. The van der Waals surface area contributed by atoms with Gasteiger partial charge in [0.15, 0.2) is 0 Å². The summed E-state index contributed by atoms with van der Waals surface area (Å²) >= 11 is 0. The molecule has 2 aromatic rings. The minimum absolute atomic E-state index is 0.0582. The van der Waals surface area contributed by atoms with Gasteiger partial charge in [-0.2, -0.15) is 5.10 Å². The van der Waals surface area contributed by atoms with Gasteiger partial charge >= 0.3 is 0 Å². The van der Waals surface area contributed by atoms with Crippen LogP contribution in [0.1, 0.15) is 17.5 Å². The number of amides is 1. The van der Waals surface area contributed by atoms with Crippen LogP contribution in [0.3, 0.4) is 0 Å². The molecule has 1 aromatic carbocycles. The van der Waals surface area contributed by atoms with Crippen LogP contribution in [0.5, 0.6) is 0 Å². The molecule has 6 heteroatoms. The van der Waals surface area contributed by atoms with Crippen molar-refractivity contribution in [2.45, 2.75) is 31.7 Å². The summed E-state index contributed by atoms with van der Waals surface area (Å²) in [6.07, 6.45) is 3.75. The molecule has 1 aliphatic rings. The van der Waals surface area contributed by atoms with Crippen molar-refractivity contribution >= 4 is 5.91 Å². The molecule has 1 aliphatic heterocycles. The number of aliphatic hydroxyl groups is 1. The van der Waals surface area contributed by atoms with Gasteiger partial charge < -0.3 is 15.7 Å². The summed E-state index contributed by atoms with van der Waals surface area (Å²) < 4.78 is 1.87. The number of hydrogen-bond acceptors (Lipinski definition) is 4. The fraction of sp³-hybridized carbons (Fsp3) is 0.375. The third kappa shape index (κ3) is 3.72. The predicted octanol–water partition coefficient (Wildman–Crippen LogP) is 0.270. The van der Waals surface area contributed by atoms with E-state index in [0.29, 0.717) is 19.5 Å². The number of aliphatic hydroxyl groups excluding tert-OH is 1. The molecule has 1 fully saturated rings. The van der Waals surface area contributed by atoms with Crippen LogP contribution in [0.25, 0.3) is 0 Å². The van der Waals surface area contributed by atoms with Gasteiger partial charge in [-0.25, -0.2) is 0 Å². The summed E-state index contributed by atoms with van der Waals surface area (Å²) in [5.74, 6) is -0.0582. The van der Waals surface area contributed by atoms with Crippen molar-refractivity contribution in [3.05, 3.63) is 53.9 Å². The zero-order valence-corrected chi connectivity index (χ0v) is 12.3. The summed E-state index contributed by atoms with van der Waals surface area (Å²) in [7, 11) is 0. The monoisotopic (exact) mass is 300 g/mol. The van der Waals surface area contributed by atoms with Crippen molar-refractivity contribution in [2.24, 2.45) is 0 Å². The molecule has 0 aliphatic carbocycles. The average Bonchev–Trinajstić information content (AvgIpc) is 3.18. The van der Waals surface area contributed by atoms with Crippen molar-refractivity contribution in [2.75, 3.05) is 6.54 Å². The first-order valence-electron chi connectivity index (χ1n) is 7.45. The van der Waals surface area contributed by atoms with E-state index in [4.69, 9.17) is 0 Å². The van der Waals surface area contributed by atoms with Crippen molar-refractivity contribution in [1.29, 1.82) is 0 Å². The normalized spacial score (nSPS) is 21.0. The molecule has 1 aromatic heterocycles. The van der Waals surface area contributed by atoms with Crippen molar-refractivity contribution in [1.82, 2.24) is 20.4 Å². The average molecular weight is 300 g/mol. The van der Waals surface area contributed by atoms with Gasteiger partial charge in [0, 0.05) is 25.5 Å². The maximum absolute atomic E-state index is 11.9. The Morgan fingerprint density at radius 2 is 2.14 bits per heavy atom. The fourth-order valence-electron chi connectivity index (χ4n) is 2.57. The standard InChI is InChI=1S/C16H20N4O2/c21-14-8-15(17-10-14)16(22)18-9-12-2-4-13(5-3-12)11-20-7-1-6-19-20/h1-7,14-15,17,21H,8-11H2,(H,18,22)/t14-,15+/m0/s1. The zero-order valence-electron chi connectivity index (χ0n) is 12.3. The molecule has 116 valence electrons. The van der Waals surface area contributed by atoms with Crippen molar-refractivity contribution in [3.8, 4) is 0 Å². The minimum Gasteiger partial charge on any atom is -0.392 e. The molecule has 0 unspecified atom stereocenters. The van der Waals surface area contributed by atoms with E-state index in [1.54, 1.807) is 6.20 Å². The van der Waals surface area contributed by atoms with E-state index in [0.717, 1.165) is 12.1 Å². The number of nitrogens with zero attached hydrogens (tertiary/aromatic N) is 2. The first-order valence-corrected chi connectivity index (χ1v) is 7.45. The highest BCUT2D eigenvalue weighted by Gasteiger charge is 2.27. The maximum atomic E-state index is 11.9. The number of nitrogens with one attached hydrogen (secondary N) is 2. The zero-order chi connectivity index (χ0) is 15.4. The number of hydrogen-bond donors (Lipinski definition) is 3. The van der Waals surface area contributed by atoms with Crippen molar-refractivity contribution < 1.29 is 9.90 Å². The third-order valence-corrected chi connectivity index (χ3v) is 3.82. The summed E-state index contributed by atoms with van der Waals surface area (Å²) in [6.45, 7) is 1.72. The molecule has 0 saturated carbocycles. The van der Waals surface area contributed by atoms with Crippen LogP contribution in [0.15, 0.2) is 42.7 Å². The Labute approximate surface area is 129 Å². The maximum Gasteiger partial charge on any atom is 0.237 e. The van der Waals surface area contributed by atoms with E-state index in [1.165, 1.54) is 5.56 Å². The third-order valence-electron chi connectivity index (χ3n) is 3.82. The van der Waals surface area contributed by atoms with Gasteiger partial charge in [-0.15, -0.1) is 0 Å². The summed E-state index contributed by atoms with van der Waals surface area (Å²) in [5.41, 5.74) is 2.22. The lowest BCUT2D eigenvalue weighted by Crippen LogP contribution is -2.39. The van der Waals surface area contributed by atoms with Crippen LogP contribution in [0.4, 0.5) is 0 Å². The summed E-state index contributed by atoms with van der Waals surface area (Å²) in [6, 6.07) is 9.72. The van der Waals surface area contributed by atoms with E-state index in [1.807, 2.05) is 41.2 Å². The molecule has 2 heterocycles. The quantitative estimate of drug-likeness (QED) is 0.740. The highest BCUT2D eigenvalue weighted by molar-refractivity contribution is 5.82. The van der Waals surface area contributed by atoms with Gasteiger partial charge in [0.05, 0.1) is 18.7 Å². The highest BCUT2D eigenvalue weighted by atomic mass is 16.3. The predicted molar refractivity (Wildman–Crippen MR) is 82.0 cm³/mol. The molecule has 2 atom stereocenters. The number of benzene rings is 1. The SMILES string of the molecule is O=C(NCc1ccc(Cn2cccn2)cc1)[C@H]1C[C@H](O)CN1. The molecule has 1 saturated heterocycles. The van der Waals surface area contributed by atoms with E-state index >= 15 is 0 Å². The largest absolute Gasteiger partial charge is 0.392 e. The van der Waals surface area contributed by atoms with Gasteiger partial charge in [-0.3, -0.25) is 9.48 Å². The van der Waals surface area contributed by atoms with Crippen LogP contribution < -0.4 is 10.6 Å². The van der Waals surface area contributed by atoms with Gasteiger partial charge in [0.25, 0.3) is 0 Å². The number of carbonyl (C=O) groups excluding carboxylic acids is 1. The first-order chi connectivity index (χ1) is 10.7. The lowest BCUT2D eigenvalue weighted by atomic mass is 10.1. The molecule has 0 spiro atoms. The second kappa shape index (κ2) is 6.72. The molecule has 22 heavy (non-hydrogen) atoms. The molecule has 3 N–H and O–H groups in total. The van der Waals surface area contributed by atoms with Gasteiger partial charge in [-0.1, -0.05) is 24.3 Å². The minimum atomic E-state index is -0.419. The molecular weight excluding hydrogens is 280 g/mol. The van der Waals surface area contributed by atoms with Crippen LogP contribution in [-0.4, -0.2) is 39.5 Å². The second-order valence-corrected chi connectivity index (χ2v) is 5.59. The Hall–Kier alpha value is -2.18. The number of rotatable bonds is 5. The van der Waals surface area contributed by atoms with Crippen LogP contribution in [-0.2, 0) is 17.9 Å².